The van der Waals surface area contributed by atoms with E-state index in [1.165, 1.54) is 30.3 Å². The van der Waals surface area contributed by atoms with Gasteiger partial charge in [0.05, 0.1) is 10.5 Å². The Morgan fingerprint density at radius 1 is 1.33 bits per heavy atom. The molecule has 0 spiro atoms. The Hall–Kier alpha value is -2.96. The van der Waals surface area contributed by atoms with Crippen LogP contribution in [0.15, 0.2) is 36.4 Å². The standard InChI is InChI=1S/C14H11FN2O4/c1-8-5-6-9(10(15)7-8)14(19)16-13-11(17(20)21)3-2-4-12(13)18/h2-7,18H,1H3,(H,16,19). The molecule has 21 heavy (non-hydrogen) atoms. The summed E-state index contributed by atoms with van der Waals surface area (Å²) in [6.45, 7) is 1.67. The van der Waals surface area contributed by atoms with Gasteiger partial charge in [-0.1, -0.05) is 12.1 Å². The number of nitrogens with one attached hydrogen (secondary N) is 1. The molecule has 0 saturated heterocycles. The van der Waals surface area contributed by atoms with E-state index in [-0.39, 0.29) is 11.3 Å². The molecule has 0 atom stereocenters. The number of nitro benzene ring substituents is 1. The van der Waals surface area contributed by atoms with Crippen LogP contribution in [0.1, 0.15) is 15.9 Å². The van der Waals surface area contributed by atoms with Crippen molar-refractivity contribution in [3.8, 4) is 5.75 Å². The average Bonchev–Trinajstić information content (AvgIpc) is 2.40. The lowest BCUT2D eigenvalue weighted by Gasteiger charge is -2.08. The van der Waals surface area contributed by atoms with Crippen LogP contribution in [-0.2, 0) is 0 Å². The van der Waals surface area contributed by atoms with Gasteiger partial charge >= 0.3 is 0 Å². The van der Waals surface area contributed by atoms with Gasteiger partial charge in [-0.2, -0.15) is 0 Å². The number of benzene rings is 2. The maximum Gasteiger partial charge on any atom is 0.296 e. The van der Waals surface area contributed by atoms with Crippen molar-refractivity contribution in [2.45, 2.75) is 6.92 Å². The number of carbonyl (C=O) groups excluding carboxylic acids is 1. The van der Waals surface area contributed by atoms with E-state index in [1.807, 2.05) is 0 Å². The fourth-order valence-corrected chi connectivity index (χ4v) is 1.79. The van der Waals surface area contributed by atoms with Gasteiger partial charge in [-0.25, -0.2) is 4.39 Å². The number of anilines is 1. The van der Waals surface area contributed by atoms with Gasteiger partial charge in [0.15, 0.2) is 5.69 Å². The van der Waals surface area contributed by atoms with Gasteiger partial charge in [0.25, 0.3) is 11.6 Å². The van der Waals surface area contributed by atoms with Crippen molar-refractivity contribution >= 4 is 17.3 Å². The van der Waals surface area contributed by atoms with Gasteiger partial charge in [-0.3, -0.25) is 14.9 Å². The van der Waals surface area contributed by atoms with Crippen molar-refractivity contribution in [1.29, 1.82) is 0 Å². The van der Waals surface area contributed by atoms with Crippen molar-refractivity contribution in [1.82, 2.24) is 0 Å². The predicted octanol–water partition coefficient (Wildman–Crippen LogP) is 3.00. The van der Waals surface area contributed by atoms with Crippen LogP contribution in [0.2, 0.25) is 0 Å². The van der Waals surface area contributed by atoms with Crippen molar-refractivity contribution in [2.24, 2.45) is 0 Å². The van der Waals surface area contributed by atoms with Gasteiger partial charge in [-0.15, -0.1) is 0 Å². The summed E-state index contributed by atoms with van der Waals surface area (Å²) in [5, 5.41) is 22.7. The fourth-order valence-electron chi connectivity index (χ4n) is 1.79. The third kappa shape index (κ3) is 2.97. The van der Waals surface area contributed by atoms with E-state index in [0.29, 0.717) is 5.56 Å². The molecular formula is C14H11FN2O4. The molecule has 0 radical (unpaired) electrons. The monoisotopic (exact) mass is 290 g/mol. The van der Waals surface area contributed by atoms with Crippen LogP contribution in [0.3, 0.4) is 0 Å². The third-order valence-corrected chi connectivity index (χ3v) is 2.82. The minimum Gasteiger partial charge on any atom is -0.505 e. The van der Waals surface area contributed by atoms with Gasteiger partial charge < -0.3 is 10.4 Å². The Morgan fingerprint density at radius 3 is 2.67 bits per heavy atom. The summed E-state index contributed by atoms with van der Waals surface area (Å²) in [5.74, 6) is -2.09. The first-order valence-corrected chi connectivity index (χ1v) is 5.94. The first-order chi connectivity index (χ1) is 9.90. The number of phenols is 1. The zero-order valence-corrected chi connectivity index (χ0v) is 11.0. The molecule has 1 amide bonds. The Bertz CT molecular complexity index is 731. The Balaban J connectivity index is 2.38. The van der Waals surface area contributed by atoms with Gasteiger partial charge in [0.2, 0.25) is 0 Å². The molecule has 7 heteroatoms. The van der Waals surface area contributed by atoms with Crippen LogP contribution in [0, 0.1) is 22.9 Å². The molecule has 0 aliphatic heterocycles. The zero-order valence-electron chi connectivity index (χ0n) is 11.0. The number of aryl methyl sites for hydroxylation is 1. The van der Waals surface area contributed by atoms with E-state index in [1.54, 1.807) is 6.92 Å². The van der Waals surface area contributed by atoms with E-state index in [0.717, 1.165) is 6.07 Å². The Morgan fingerprint density at radius 2 is 2.05 bits per heavy atom. The van der Waals surface area contributed by atoms with Crippen molar-refractivity contribution in [3.05, 3.63) is 63.5 Å². The van der Waals surface area contributed by atoms with E-state index in [4.69, 9.17) is 0 Å². The molecule has 2 rings (SSSR count). The lowest BCUT2D eigenvalue weighted by atomic mass is 10.1. The summed E-state index contributed by atoms with van der Waals surface area (Å²) in [5.41, 5.74) is -0.473. The second-order valence-electron chi connectivity index (χ2n) is 4.37. The highest BCUT2D eigenvalue weighted by Gasteiger charge is 2.21. The highest BCUT2D eigenvalue weighted by Crippen LogP contribution is 2.33. The molecule has 0 heterocycles. The molecule has 0 aromatic heterocycles. The molecule has 108 valence electrons. The maximum atomic E-state index is 13.7. The van der Waals surface area contributed by atoms with Crippen molar-refractivity contribution in [2.75, 3.05) is 5.32 Å². The fraction of sp³-hybridized carbons (Fsp3) is 0.0714. The second kappa shape index (κ2) is 5.58. The number of hydrogen-bond acceptors (Lipinski definition) is 4. The number of rotatable bonds is 3. The number of amides is 1. The van der Waals surface area contributed by atoms with Crippen LogP contribution >= 0.6 is 0 Å². The minimum absolute atomic E-state index is 0.266. The second-order valence-corrected chi connectivity index (χ2v) is 4.37. The number of nitrogens with zero attached hydrogens (tertiary/aromatic N) is 1. The van der Waals surface area contributed by atoms with Crippen molar-refractivity contribution in [3.63, 3.8) is 0 Å². The molecule has 6 nitrogen and oxygen atoms in total. The number of aromatic hydroxyl groups is 1. The quantitative estimate of drug-likeness (QED) is 0.516. The first kappa shape index (κ1) is 14.4. The van der Waals surface area contributed by atoms with Crippen LogP contribution in [0.25, 0.3) is 0 Å². The number of hydrogen-bond donors (Lipinski definition) is 2. The van der Waals surface area contributed by atoms with E-state index >= 15 is 0 Å². The third-order valence-electron chi connectivity index (χ3n) is 2.82. The zero-order chi connectivity index (χ0) is 15.6. The molecular weight excluding hydrogens is 279 g/mol. The molecule has 2 aromatic carbocycles. The first-order valence-electron chi connectivity index (χ1n) is 5.94. The molecule has 2 N–H and O–H groups in total. The topological polar surface area (TPSA) is 92.5 Å². The highest BCUT2D eigenvalue weighted by molar-refractivity contribution is 6.06. The molecule has 2 aromatic rings. The molecule has 0 unspecified atom stereocenters. The molecule has 0 aliphatic rings. The van der Waals surface area contributed by atoms with E-state index in [2.05, 4.69) is 5.32 Å². The number of carbonyl (C=O) groups is 1. The summed E-state index contributed by atoms with van der Waals surface area (Å²) in [7, 11) is 0. The highest BCUT2D eigenvalue weighted by atomic mass is 19.1. The summed E-state index contributed by atoms with van der Waals surface area (Å²) in [6.07, 6.45) is 0. The van der Waals surface area contributed by atoms with E-state index < -0.39 is 28.1 Å². The van der Waals surface area contributed by atoms with Crippen LogP contribution in [-0.4, -0.2) is 15.9 Å². The molecule has 0 bridgehead atoms. The summed E-state index contributed by atoms with van der Waals surface area (Å²) in [4.78, 5) is 22.1. The molecule has 0 aliphatic carbocycles. The van der Waals surface area contributed by atoms with E-state index in [9.17, 15) is 24.4 Å². The lowest BCUT2D eigenvalue weighted by molar-refractivity contribution is -0.384. The number of para-hydroxylation sites is 1. The number of nitro groups is 1. The predicted molar refractivity (Wildman–Crippen MR) is 73.9 cm³/mol. The molecule has 0 saturated carbocycles. The normalized spacial score (nSPS) is 10.2. The number of halogens is 1. The summed E-state index contributed by atoms with van der Waals surface area (Å²) >= 11 is 0. The van der Waals surface area contributed by atoms with Crippen molar-refractivity contribution < 1.29 is 19.2 Å². The Labute approximate surface area is 119 Å². The van der Waals surface area contributed by atoms with Gasteiger partial charge in [0.1, 0.15) is 11.6 Å². The van der Waals surface area contributed by atoms with Crippen LogP contribution < -0.4 is 5.32 Å². The largest absolute Gasteiger partial charge is 0.505 e. The van der Waals surface area contributed by atoms with Crippen LogP contribution in [0.5, 0.6) is 5.75 Å². The summed E-state index contributed by atoms with van der Waals surface area (Å²) in [6, 6.07) is 7.57. The smallest absolute Gasteiger partial charge is 0.296 e. The van der Waals surface area contributed by atoms with Crippen LogP contribution in [0.4, 0.5) is 15.8 Å². The number of phenolic OH excluding ortho intramolecular Hbond substituents is 1. The average molecular weight is 290 g/mol. The lowest BCUT2D eigenvalue weighted by Crippen LogP contribution is -2.15. The van der Waals surface area contributed by atoms with Gasteiger partial charge in [0, 0.05) is 6.07 Å². The maximum absolute atomic E-state index is 13.7. The SMILES string of the molecule is Cc1ccc(C(=O)Nc2c(O)cccc2[N+](=O)[O-])c(F)c1. The summed E-state index contributed by atoms with van der Waals surface area (Å²) < 4.78 is 13.7. The van der Waals surface area contributed by atoms with Gasteiger partial charge in [-0.05, 0) is 30.7 Å². The Kier molecular flexibility index (Phi) is 3.84. The molecule has 0 fully saturated rings. The minimum atomic E-state index is -0.878.